The van der Waals surface area contributed by atoms with Crippen molar-refractivity contribution in [1.82, 2.24) is 0 Å². The van der Waals surface area contributed by atoms with Crippen LogP contribution >= 0.6 is 15.9 Å². The van der Waals surface area contributed by atoms with Gasteiger partial charge in [-0.1, -0.05) is 21.9 Å². The number of hydrogen-bond donors (Lipinski definition) is 1. The molecular formula is C12H11BrO2. The maximum Gasteiger partial charge on any atom is 0.162 e. The van der Waals surface area contributed by atoms with Crippen LogP contribution in [-0.4, -0.2) is 12.2 Å². The van der Waals surface area contributed by atoms with Crippen molar-refractivity contribution in [1.29, 1.82) is 0 Å². The number of hydrogen-bond acceptors (Lipinski definition) is 2. The number of rotatable bonds is 2. The molecule has 0 bridgehead atoms. The van der Waals surface area contributed by atoms with E-state index in [2.05, 4.69) is 21.9 Å². The number of halogens is 1. The van der Waals surface area contributed by atoms with E-state index in [1.165, 1.54) is 7.11 Å². The molecule has 2 rings (SSSR count). The second-order valence-electron chi connectivity index (χ2n) is 3.73. The molecule has 3 heteroatoms. The Hall–Kier alpha value is -1.14. The van der Waals surface area contributed by atoms with Gasteiger partial charge in [0.25, 0.3) is 0 Å². The van der Waals surface area contributed by atoms with Gasteiger partial charge in [0.2, 0.25) is 0 Å². The zero-order valence-corrected chi connectivity index (χ0v) is 9.97. The lowest BCUT2D eigenvalue weighted by Crippen LogP contribution is -2.03. The molecule has 78 valence electrons. The predicted octanol–water partition coefficient (Wildman–Crippen LogP) is 2.83. The number of phenols is 1. The van der Waals surface area contributed by atoms with E-state index in [0.717, 1.165) is 22.9 Å². The van der Waals surface area contributed by atoms with E-state index >= 15 is 0 Å². The molecule has 0 atom stereocenters. The van der Waals surface area contributed by atoms with Gasteiger partial charge in [-0.05, 0) is 25.0 Å². The zero-order chi connectivity index (χ0) is 11.1. The molecule has 0 heterocycles. The Balaban J connectivity index is 2.57. The molecule has 0 saturated heterocycles. The van der Waals surface area contributed by atoms with Gasteiger partial charge in [0.1, 0.15) is 0 Å². The summed E-state index contributed by atoms with van der Waals surface area (Å²) in [5.41, 5.74) is 0.512. The Bertz CT molecular complexity index is 442. The minimum absolute atomic E-state index is 0.163. The molecule has 1 N–H and O–H groups in total. The largest absolute Gasteiger partial charge is 0.504 e. The average Bonchev–Trinajstić information content (AvgIpc) is 3.01. The molecule has 1 aromatic rings. The first-order valence-electron chi connectivity index (χ1n) is 4.68. The van der Waals surface area contributed by atoms with Crippen molar-refractivity contribution in [3.63, 3.8) is 0 Å². The van der Waals surface area contributed by atoms with Crippen LogP contribution in [0, 0.1) is 12.3 Å². The van der Waals surface area contributed by atoms with Crippen molar-refractivity contribution in [3.05, 3.63) is 22.2 Å². The van der Waals surface area contributed by atoms with E-state index in [-0.39, 0.29) is 11.2 Å². The molecule has 1 aliphatic rings. The maximum absolute atomic E-state index is 9.98. The molecule has 0 aliphatic heterocycles. The molecule has 0 aromatic heterocycles. The van der Waals surface area contributed by atoms with E-state index in [1.54, 1.807) is 6.07 Å². The highest BCUT2D eigenvalue weighted by molar-refractivity contribution is 9.10. The summed E-state index contributed by atoms with van der Waals surface area (Å²) in [6, 6.07) is 3.59. The second-order valence-corrected chi connectivity index (χ2v) is 4.65. The van der Waals surface area contributed by atoms with Gasteiger partial charge in [0.05, 0.1) is 12.5 Å². The van der Waals surface area contributed by atoms with Crippen LogP contribution in [0.25, 0.3) is 0 Å². The minimum atomic E-state index is -0.277. The summed E-state index contributed by atoms with van der Waals surface area (Å²) in [4.78, 5) is 0. The van der Waals surface area contributed by atoms with E-state index in [9.17, 15) is 5.11 Å². The first-order chi connectivity index (χ1) is 7.13. The van der Waals surface area contributed by atoms with Crippen LogP contribution in [0.3, 0.4) is 0 Å². The summed E-state index contributed by atoms with van der Waals surface area (Å²) >= 11 is 3.38. The fraction of sp³-hybridized carbons (Fsp3) is 0.333. The molecule has 15 heavy (non-hydrogen) atoms. The number of terminal acetylenes is 1. The summed E-state index contributed by atoms with van der Waals surface area (Å²) in [6.07, 6.45) is 7.35. The number of benzene rings is 1. The fourth-order valence-corrected chi connectivity index (χ4v) is 2.15. The normalized spacial score (nSPS) is 16.9. The lowest BCUT2D eigenvalue weighted by Gasteiger charge is -2.14. The molecule has 1 aliphatic carbocycles. The lowest BCUT2D eigenvalue weighted by atomic mass is 9.96. The average molecular weight is 267 g/mol. The Kier molecular flexibility index (Phi) is 2.40. The highest BCUT2D eigenvalue weighted by atomic mass is 79.9. The number of ether oxygens (including phenoxy) is 1. The number of aromatic hydroxyl groups is 1. The Morgan fingerprint density at radius 3 is 2.67 bits per heavy atom. The summed E-state index contributed by atoms with van der Waals surface area (Å²) in [5, 5.41) is 9.98. The lowest BCUT2D eigenvalue weighted by molar-refractivity contribution is 0.369. The van der Waals surface area contributed by atoms with Gasteiger partial charge < -0.3 is 9.84 Å². The van der Waals surface area contributed by atoms with Crippen LogP contribution in [0.2, 0.25) is 0 Å². The molecule has 2 nitrogen and oxygen atoms in total. The van der Waals surface area contributed by atoms with Crippen molar-refractivity contribution < 1.29 is 9.84 Å². The molecular weight excluding hydrogens is 256 g/mol. The monoisotopic (exact) mass is 266 g/mol. The van der Waals surface area contributed by atoms with Crippen LogP contribution in [0.15, 0.2) is 16.6 Å². The molecule has 0 amide bonds. The SMILES string of the molecule is C#CC1(c2cc(Br)cc(OC)c2O)CC1. The Morgan fingerprint density at radius 1 is 1.53 bits per heavy atom. The van der Waals surface area contributed by atoms with Crippen molar-refractivity contribution in [2.45, 2.75) is 18.3 Å². The van der Waals surface area contributed by atoms with Crippen LogP contribution in [0.4, 0.5) is 0 Å². The number of methoxy groups -OCH3 is 1. The number of phenolic OH excluding ortho intramolecular Hbond substituents is 1. The van der Waals surface area contributed by atoms with E-state index in [0.29, 0.717) is 5.75 Å². The molecule has 0 spiro atoms. The van der Waals surface area contributed by atoms with Gasteiger partial charge >= 0.3 is 0 Å². The smallest absolute Gasteiger partial charge is 0.162 e. The summed E-state index contributed by atoms with van der Waals surface area (Å²) < 4.78 is 5.95. The first kappa shape index (κ1) is 10.4. The van der Waals surface area contributed by atoms with Crippen molar-refractivity contribution in [3.8, 4) is 23.8 Å². The minimum Gasteiger partial charge on any atom is -0.504 e. The van der Waals surface area contributed by atoms with Crippen molar-refractivity contribution in [2.24, 2.45) is 0 Å². The third-order valence-corrected chi connectivity index (χ3v) is 3.26. The maximum atomic E-state index is 9.98. The summed E-state index contributed by atoms with van der Waals surface area (Å²) in [7, 11) is 1.53. The first-order valence-corrected chi connectivity index (χ1v) is 5.47. The third kappa shape index (κ3) is 1.59. The molecule has 1 fully saturated rings. The van der Waals surface area contributed by atoms with Crippen LogP contribution in [0.5, 0.6) is 11.5 Å². The van der Waals surface area contributed by atoms with Gasteiger partial charge in [-0.2, -0.15) is 0 Å². The highest BCUT2D eigenvalue weighted by Gasteiger charge is 2.45. The molecule has 1 aromatic carbocycles. The van der Waals surface area contributed by atoms with Gasteiger partial charge in [-0.3, -0.25) is 0 Å². The van der Waals surface area contributed by atoms with Crippen LogP contribution in [-0.2, 0) is 5.41 Å². The molecule has 0 radical (unpaired) electrons. The van der Waals surface area contributed by atoms with Crippen LogP contribution in [0.1, 0.15) is 18.4 Å². The summed E-state index contributed by atoms with van der Waals surface area (Å²) in [5.74, 6) is 3.37. The standard InChI is InChI=1S/C12H11BrO2/c1-3-12(4-5-12)9-6-8(13)7-10(15-2)11(9)14/h1,6-7,14H,4-5H2,2H3. The van der Waals surface area contributed by atoms with Crippen LogP contribution < -0.4 is 4.74 Å². The van der Waals surface area contributed by atoms with Gasteiger partial charge in [0, 0.05) is 10.0 Å². The van der Waals surface area contributed by atoms with Gasteiger partial charge in [-0.25, -0.2) is 0 Å². The van der Waals surface area contributed by atoms with Crippen molar-refractivity contribution >= 4 is 15.9 Å². The zero-order valence-electron chi connectivity index (χ0n) is 8.38. The van der Waals surface area contributed by atoms with Crippen molar-refractivity contribution in [2.75, 3.05) is 7.11 Å². The third-order valence-electron chi connectivity index (χ3n) is 2.80. The summed E-state index contributed by atoms with van der Waals surface area (Å²) in [6.45, 7) is 0. The van der Waals surface area contributed by atoms with Gasteiger partial charge in [0.15, 0.2) is 11.5 Å². The van der Waals surface area contributed by atoms with E-state index < -0.39 is 0 Å². The Morgan fingerprint density at radius 2 is 2.20 bits per heavy atom. The molecule has 1 saturated carbocycles. The second kappa shape index (κ2) is 3.46. The Labute approximate surface area is 97.4 Å². The van der Waals surface area contributed by atoms with E-state index in [4.69, 9.17) is 11.2 Å². The van der Waals surface area contributed by atoms with E-state index in [1.807, 2.05) is 6.07 Å². The van der Waals surface area contributed by atoms with Gasteiger partial charge in [-0.15, -0.1) is 6.42 Å². The predicted molar refractivity (Wildman–Crippen MR) is 62.1 cm³/mol. The quantitative estimate of drug-likeness (QED) is 0.835. The topological polar surface area (TPSA) is 29.5 Å². The fourth-order valence-electron chi connectivity index (χ4n) is 1.71. The highest BCUT2D eigenvalue weighted by Crippen LogP contribution is 2.53. The molecule has 0 unspecified atom stereocenters.